The van der Waals surface area contributed by atoms with E-state index in [0.29, 0.717) is 5.02 Å². The highest BCUT2D eigenvalue weighted by atomic mass is 35.5. The van der Waals surface area contributed by atoms with Crippen LogP contribution in [0.4, 0.5) is 5.82 Å². The first-order valence-electron chi connectivity index (χ1n) is 5.69. The molecule has 0 aromatic carbocycles. The highest BCUT2D eigenvalue weighted by molar-refractivity contribution is 6.31. The number of hydrogen-bond donors (Lipinski definition) is 1. The lowest BCUT2D eigenvalue weighted by Gasteiger charge is -2.21. The monoisotopic (exact) mass is 256 g/mol. The third-order valence-electron chi connectivity index (χ3n) is 2.56. The minimum Gasteiger partial charge on any atom is -0.358 e. The third kappa shape index (κ3) is 4.50. The Hall–Kier alpha value is -0.840. The third-order valence-corrected chi connectivity index (χ3v) is 2.90. The zero-order valence-electron chi connectivity index (χ0n) is 11.0. The SMILES string of the molecule is CNCc1cc(N(C)CCN(C)C)ncc1Cl. The van der Waals surface area contributed by atoms with Crippen LogP contribution in [0, 0.1) is 0 Å². The summed E-state index contributed by atoms with van der Waals surface area (Å²) in [5.41, 5.74) is 1.08. The zero-order chi connectivity index (χ0) is 12.8. The van der Waals surface area contributed by atoms with Gasteiger partial charge in [0.05, 0.1) is 5.02 Å². The number of rotatable bonds is 6. The molecule has 0 atom stereocenters. The van der Waals surface area contributed by atoms with Crippen molar-refractivity contribution < 1.29 is 0 Å². The van der Waals surface area contributed by atoms with Crippen LogP contribution < -0.4 is 10.2 Å². The van der Waals surface area contributed by atoms with E-state index in [1.807, 2.05) is 20.2 Å². The van der Waals surface area contributed by atoms with Crippen molar-refractivity contribution in [1.82, 2.24) is 15.2 Å². The number of halogens is 1. The summed E-state index contributed by atoms with van der Waals surface area (Å²) in [6.45, 7) is 2.71. The maximum absolute atomic E-state index is 6.08. The summed E-state index contributed by atoms with van der Waals surface area (Å²) in [6.07, 6.45) is 1.72. The molecule has 5 heteroatoms. The summed E-state index contributed by atoms with van der Waals surface area (Å²) in [5.74, 6) is 0.960. The van der Waals surface area contributed by atoms with Gasteiger partial charge in [-0.25, -0.2) is 4.98 Å². The summed E-state index contributed by atoms with van der Waals surface area (Å²) in [4.78, 5) is 8.63. The number of nitrogens with zero attached hydrogens (tertiary/aromatic N) is 3. The Balaban J connectivity index is 2.73. The second kappa shape index (κ2) is 6.79. The molecule has 0 bridgehead atoms. The van der Waals surface area contributed by atoms with Gasteiger partial charge < -0.3 is 15.1 Å². The van der Waals surface area contributed by atoms with E-state index in [1.54, 1.807) is 6.20 Å². The molecule has 0 aliphatic rings. The van der Waals surface area contributed by atoms with Gasteiger partial charge in [0.25, 0.3) is 0 Å². The molecule has 1 rings (SSSR count). The van der Waals surface area contributed by atoms with E-state index in [2.05, 4.69) is 34.2 Å². The Morgan fingerprint density at radius 2 is 2.00 bits per heavy atom. The number of pyridine rings is 1. The van der Waals surface area contributed by atoms with E-state index in [4.69, 9.17) is 11.6 Å². The Morgan fingerprint density at radius 1 is 1.29 bits per heavy atom. The first kappa shape index (κ1) is 14.2. The van der Waals surface area contributed by atoms with Gasteiger partial charge in [-0.1, -0.05) is 11.6 Å². The van der Waals surface area contributed by atoms with Crippen molar-refractivity contribution in [3.8, 4) is 0 Å². The highest BCUT2D eigenvalue weighted by Crippen LogP contribution is 2.19. The molecule has 0 amide bonds. The standard InChI is InChI=1S/C12H21ClN4/c1-14-8-10-7-12(15-9-11(10)13)17(4)6-5-16(2)3/h7,9,14H,5-6,8H2,1-4H3. The van der Waals surface area contributed by atoms with Gasteiger partial charge in [-0.3, -0.25) is 0 Å². The van der Waals surface area contributed by atoms with Gasteiger partial charge in [-0.2, -0.15) is 0 Å². The second-order valence-electron chi connectivity index (χ2n) is 4.39. The van der Waals surface area contributed by atoms with E-state index in [9.17, 15) is 0 Å². The number of aromatic nitrogens is 1. The van der Waals surface area contributed by atoms with Gasteiger partial charge in [0.2, 0.25) is 0 Å². The molecule has 0 radical (unpaired) electrons. The number of nitrogens with one attached hydrogen (secondary N) is 1. The molecule has 0 aliphatic heterocycles. The molecule has 1 heterocycles. The summed E-state index contributed by atoms with van der Waals surface area (Å²) in [6, 6.07) is 2.04. The van der Waals surface area contributed by atoms with Gasteiger partial charge in [0.15, 0.2) is 0 Å². The molecule has 0 unspecified atom stereocenters. The molecule has 1 N–H and O–H groups in total. The van der Waals surface area contributed by atoms with Crippen LogP contribution in [0.5, 0.6) is 0 Å². The average Bonchev–Trinajstić information content (AvgIpc) is 2.29. The molecule has 1 aromatic rings. The molecule has 1 aromatic heterocycles. The fourth-order valence-corrected chi connectivity index (χ4v) is 1.64. The summed E-state index contributed by atoms with van der Waals surface area (Å²) < 4.78 is 0. The molecular weight excluding hydrogens is 236 g/mol. The molecule has 0 saturated carbocycles. The van der Waals surface area contributed by atoms with Crippen molar-refractivity contribution in [2.24, 2.45) is 0 Å². The maximum Gasteiger partial charge on any atom is 0.128 e. The van der Waals surface area contributed by atoms with Crippen molar-refractivity contribution in [3.63, 3.8) is 0 Å². The van der Waals surface area contributed by atoms with Gasteiger partial charge in [-0.15, -0.1) is 0 Å². The Labute approximate surface area is 109 Å². The predicted molar refractivity (Wildman–Crippen MR) is 73.8 cm³/mol. The molecule has 4 nitrogen and oxygen atoms in total. The normalized spacial score (nSPS) is 10.9. The van der Waals surface area contributed by atoms with E-state index in [-0.39, 0.29) is 0 Å². The lowest BCUT2D eigenvalue weighted by Crippen LogP contribution is -2.29. The number of hydrogen-bond acceptors (Lipinski definition) is 4. The minimum absolute atomic E-state index is 0.712. The van der Waals surface area contributed by atoms with Crippen LogP contribution in [-0.4, -0.2) is 51.2 Å². The summed E-state index contributed by atoms with van der Waals surface area (Å²) in [7, 11) is 8.08. The first-order valence-corrected chi connectivity index (χ1v) is 6.07. The molecule has 17 heavy (non-hydrogen) atoms. The maximum atomic E-state index is 6.08. The van der Waals surface area contributed by atoms with Gasteiger partial charge in [0, 0.05) is 32.9 Å². The fraction of sp³-hybridized carbons (Fsp3) is 0.583. The van der Waals surface area contributed by atoms with Crippen molar-refractivity contribution in [3.05, 3.63) is 22.8 Å². The van der Waals surface area contributed by atoms with Crippen LogP contribution in [-0.2, 0) is 6.54 Å². The summed E-state index contributed by atoms with van der Waals surface area (Å²) >= 11 is 6.08. The van der Waals surface area contributed by atoms with E-state index < -0.39 is 0 Å². The van der Waals surface area contributed by atoms with Crippen molar-refractivity contribution in [1.29, 1.82) is 0 Å². The smallest absolute Gasteiger partial charge is 0.128 e. The highest BCUT2D eigenvalue weighted by Gasteiger charge is 2.06. The molecular formula is C12H21ClN4. The topological polar surface area (TPSA) is 31.4 Å². The van der Waals surface area contributed by atoms with Crippen molar-refractivity contribution in [2.75, 3.05) is 46.2 Å². The van der Waals surface area contributed by atoms with Crippen LogP contribution in [0.25, 0.3) is 0 Å². The van der Waals surface area contributed by atoms with Gasteiger partial charge in [-0.05, 0) is 32.8 Å². The first-order chi connectivity index (χ1) is 8.04. The Bertz CT molecular complexity index is 354. The largest absolute Gasteiger partial charge is 0.358 e. The summed E-state index contributed by atoms with van der Waals surface area (Å²) in [5, 5.41) is 3.81. The van der Waals surface area contributed by atoms with Crippen LogP contribution in [0.2, 0.25) is 5.02 Å². The van der Waals surface area contributed by atoms with Crippen LogP contribution in [0.3, 0.4) is 0 Å². The zero-order valence-corrected chi connectivity index (χ0v) is 11.8. The molecule has 96 valence electrons. The van der Waals surface area contributed by atoms with Crippen molar-refractivity contribution >= 4 is 17.4 Å². The van der Waals surface area contributed by atoms with Gasteiger partial charge in [0.1, 0.15) is 5.82 Å². The molecule has 0 saturated heterocycles. The molecule has 0 fully saturated rings. The molecule has 0 spiro atoms. The number of anilines is 1. The fourth-order valence-electron chi connectivity index (χ4n) is 1.47. The predicted octanol–water partition coefficient (Wildman–Crippen LogP) is 1.45. The molecule has 0 aliphatic carbocycles. The van der Waals surface area contributed by atoms with E-state index >= 15 is 0 Å². The average molecular weight is 257 g/mol. The van der Waals surface area contributed by atoms with Gasteiger partial charge >= 0.3 is 0 Å². The minimum atomic E-state index is 0.712. The lowest BCUT2D eigenvalue weighted by atomic mass is 10.2. The quantitative estimate of drug-likeness (QED) is 0.835. The number of likely N-dealkylation sites (N-methyl/N-ethyl adjacent to an activating group) is 2. The van der Waals surface area contributed by atoms with Crippen LogP contribution >= 0.6 is 11.6 Å². The van der Waals surface area contributed by atoms with Crippen LogP contribution in [0.1, 0.15) is 5.56 Å². The second-order valence-corrected chi connectivity index (χ2v) is 4.80. The van der Waals surface area contributed by atoms with E-state index in [1.165, 1.54) is 0 Å². The van der Waals surface area contributed by atoms with Crippen LogP contribution in [0.15, 0.2) is 12.3 Å². The van der Waals surface area contributed by atoms with Crippen molar-refractivity contribution in [2.45, 2.75) is 6.54 Å². The lowest BCUT2D eigenvalue weighted by molar-refractivity contribution is 0.416. The Kier molecular flexibility index (Phi) is 5.68. The van der Waals surface area contributed by atoms with E-state index in [0.717, 1.165) is 31.0 Å². The Morgan fingerprint density at radius 3 is 2.59 bits per heavy atom.